The number of fused-ring (bicyclic) bond motifs is 3. The fraction of sp³-hybridized carbons (Fsp3) is 0.125. The maximum Gasteiger partial charge on any atom is 0.240 e. The third-order valence-corrected chi connectivity index (χ3v) is 7.75. The molecule has 8 nitrogen and oxygen atoms in total. The summed E-state index contributed by atoms with van der Waals surface area (Å²) >= 11 is 1.60. The number of rotatable bonds is 7. The van der Waals surface area contributed by atoms with Crippen molar-refractivity contribution >= 4 is 44.6 Å². The number of para-hydroxylation sites is 1. The Kier molecular flexibility index (Phi) is 6.10. The maximum absolute atomic E-state index is 12.6. The van der Waals surface area contributed by atoms with Crippen LogP contribution in [-0.4, -0.2) is 30.8 Å². The minimum absolute atomic E-state index is 0.115. The summed E-state index contributed by atoms with van der Waals surface area (Å²) in [5.41, 5.74) is 3.60. The number of hydrogen-bond donors (Lipinski definition) is 3. The van der Waals surface area contributed by atoms with Gasteiger partial charge in [-0.05, 0) is 48.2 Å². The number of nitrogens with zero attached hydrogens (tertiary/aromatic N) is 2. The zero-order chi connectivity index (χ0) is 23.5. The zero-order valence-corrected chi connectivity index (χ0v) is 19.6. The Hall–Kier alpha value is -3.60. The van der Waals surface area contributed by atoms with Gasteiger partial charge in [0.15, 0.2) is 0 Å². The molecule has 172 valence electrons. The van der Waals surface area contributed by atoms with Crippen LogP contribution in [0.15, 0.2) is 77.1 Å². The molecule has 10 heteroatoms. The molecule has 0 unspecified atom stereocenters. The Bertz CT molecular complexity index is 1440. The first kappa shape index (κ1) is 22.2. The van der Waals surface area contributed by atoms with Crippen molar-refractivity contribution in [3.05, 3.63) is 82.7 Å². The van der Waals surface area contributed by atoms with E-state index in [2.05, 4.69) is 25.3 Å². The second kappa shape index (κ2) is 9.34. The van der Waals surface area contributed by atoms with E-state index in [0.29, 0.717) is 36.0 Å². The number of aromatic nitrogens is 2. The van der Waals surface area contributed by atoms with Gasteiger partial charge >= 0.3 is 0 Å². The number of benzene rings is 2. The molecule has 0 saturated heterocycles. The summed E-state index contributed by atoms with van der Waals surface area (Å²) in [5.74, 6) is 0.240. The van der Waals surface area contributed by atoms with E-state index in [1.807, 2.05) is 41.8 Å². The number of amides is 1. The van der Waals surface area contributed by atoms with Crippen molar-refractivity contribution in [2.24, 2.45) is 0 Å². The predicted octanol–water partition coefficient (Wildman–Crippen LogP) is 3.96. The Labute approximate surface area is 201 Å². The summed E-state index contributed by atoms with van der Waals surface area (Å²) in [4.78, 5) is 22.5. The van der Waals surface area contributed by atoms with Crippen LogP contribution in [0.4, 0.5) is 17.3 Å². The van der Waals surface area contributed by atoms with Crippen LogP contribution in [0.3, 0.4) is 0 Å². The SMILES string of the molecule is O=C1Cc2cnc(Nc3ccc(S(=O)(=O)NCCc4cccs4)cc3)nc2-c2ccccc2N1. The standard InChI is InChI=1S/C24H21N5O3S2/c30-22-14-16-15-25-24(29-23(16)20-5-1-2-6-21(20)28-22)27-17-7-9-19(10-8-17)34(31,32)26-12-11-18-4-3-13-33-18/h1-10,13,15,26H,11-12,14H2,(H,28,30)(H,25,27,29). The van der Waals surface area contributed by atoms with Gasteiger partial charge in [0.1, 0.15) is 0 Å². The van der Waals surface area contributed by atoms with Crippen molar-refractivity contribution in [1.82, 2.24) is 14.7 Å². The zero-order valence-electron chi connectivity index (χ0n) is 18.0. The molecule has 0 aliphatic carbocycles. The molecule has 1 amide bonds. The van der Waals surface area contributed by atoms with Crippen LogP contribution in [0.5, 0.6) is 0 Å². The predicted molar refractivity (Wildman–Crippen MR) is 133 cm³/mol. The Balaban J connectivity index is 1.31. The van der Waals surface area contributed by atoms with Gasteiger partial charge < -0.3 is 10.6 Å². The highest BCUT2D eigenvalue weighted by Crippen LogP contribution is 2.32. The van der Waals surface area contributed by atoms with Crippen molar-refractivity contribution < 1.29 is 13.2 Å². The summed E-state index contributed by atoms with van der Waals surface area (Å²) in [5, 5.41) is 7.98. The third-order valence-electron chi connectivity index (χ3n) is 5.34. The van der Waals surface area contributed by atoms with Gasteiger partial charge in [-0.25, -0.2) is 23.1 Å². The summed E-state index contributed by atoms with van der Waals surface area (Å²) < 4.78 is 27.8. The van der Waals surface area contributed by atoms with Crippen LogP contribution in [0.25, 0.3) is 11.3 Å². The average Bonchev–Trinajstić information content (AvgIpc) is 3.29. The Morgan fingerprint density at radius 2 is 1.85 bits per heavy atom. The summed E-state index contributed by atoms with van der Waals surface area (Å²) in [6.45, 7) is 0.338. The Morgan fingerprint density at radius 1 is 1.03 bits per heavy atom. The molecule has 1 aliphatic rings. The summed E-state index contributed by atoms with van der Waals surface area (Å²) in [6.07, 6.45) is 2.48. The first-order valence-electron chi connectivity index (χ1n) is 10.6. The number of carbonyl (C=O) groups excluding carboxylic acids is 1. The lowest BCUT2D eigenvalue weighted by Crippen LogP contribution is -2.25. The lowest BCUT2D eigenvalue weighted by Gasteiger charge is -2.11. The minimum atomic E-state index is -3.60. The summed E-state index contributed by atoms with van der Waals surface area (Å²) in [6, 6.07) is 17.8. The van der Waals surface area contributed by atoms with Gasteiger partial charge in [-0.2, -0.15) is 0 Å². The monoisotopic (exact) mass is 491 g/mol. The van der Waals surface area contributed by atoms with Crippen LogP contribution < -0.4 is 15.4 Å². The molecule has 4 aromatic rings. The average molecular weight is 492 g/mol. The molecule has 34 heavy (non-hydrogen) atoms. The van der Waals surface area contributed by atoms with Crippen molar-refractivity contribution in [2.75, 3.05) is 17.2 Å². The van der Waals surface area contributed by atoms with E-state index in [9.17, 15) is 13.2 Å². The van der Waals surface area contributed by atoms with Gasteiger partial charge in [-0.1, -0.05) is 24.3 Å². The van der Waals surface area contributed by atoms with Gasteiger partial charge in [0.25, 0.3) is 0 Å². The highest BCUT2D eigenvalue weighted by Gasteiger charge is 2.21. The highest BCUT2D eigenvalue weighted by molar-refractivity contribution is 7.89. The molecule has 0 radical (unpaired) electrons. The molecule has 0 fully saturated rings. The van der Waals surface area contributed by atoms with Crippen LogP contribution in [0.1, 0.15) is 10.4 Å². The van der Waals surface area contributed by atoms with Crippen LogP contribution in [-0.2, 0) is 27.7 Å². The van der Waals surface area contributed by atoms with Gasteiger partial charge in [-0.15, -0.1) is 11.3 Å². The van der Waals surface area contributed by atoms with Crippen LogP contribution >= 0.6 is 11.3 Å². The number of thiophene rings is 1. The van der Waals surface area contributed by atoms with Gasteiger partial charge in [0.2, 0.25) is 21.9 Å². The molecule has 0 atom stereocenters. The number of sulfonamides is 1. The normalized spacial score (nSPS) is 12.9. The van der Waals surface area contributed by atoms with E-state index >= 15 is 0 Å². The van der Waals surface area contributed by atoms with Crippen molar-refractivity contribution in [3.63, 3.8) is 0 Å². The van der Waals surface area contributed by atoms with Crippen molar-refractivity contribution in [3.8, 4) is 11.3 Å². The van der Waals surface area contributed by atoms with E-state index < -0.39 is 10.0 Å². The van der Waals surface area contributed by atoms with E-state index in [0.717, 1.165) is 16.0 Å². The fourth-order valence-corrected chi connectivity index (χ4v) is 5.43. The smallest absolute Gasteiger partial charge is 0.240 e. The molecular formula is C24H21N5O3S2. The molecule has 3 heterocycles. The minimum Gasteiger partial charge on any atom is -0.325 e. The van der Waals surface area contributed by atoms with E-state index in [1.54, 1.807) is 29.7 Å². The first-order valence-corrected chi connectivity index (χ1v) is 13.0. The number of nitrogens with one attached hydrogen (secondary N) is 3. The Morgan fingerprint density at radius 3 is 2.65 bits per heavy atom. The summed E-state index contributed by atoms with van der Waals surface area (Å²) in [7, 11) is -3.60. The van der Waals surface area contributed by atoms with E-state index in [-0.39, 0.29) is 17.2 Å². The molecular weight excluding hydrogens is 470 g/mol. The van der Waals surface area contributed by atoms with Gasteiger partial charge in [-0.3, -0.25) is 4.79 Å². The topological polar surface area (TPSA) is 113 Å². The maximum atomic E-state index is 12.6. The van der Waals surface area contributed by atoms with Crippen LogP contribution in [0, 0.1) is 0 Å². The molecule has 3 N–H and O–H groups in total. The first-order chi connectivity index (χ1) is 16.5. The van der Waals surface area contributed by atoms with Gasteiger partial charge in [0, 0.05) is 34.4 Å². The van der Waals surface area contributed by atoms with Crippen molar-refractivity contribution in [1.29, 1.82) is 0 Å². The molecule has 0 saturated carbocycles. The largest absolute Gasteiger partial charge is 0.325 e. The number of carbonyl (C=O) groups is 1. The lowest BCUT2D eigenvalue weighted by molar-refractivity contribution is -0.115. The van der Waals surface area contributed by atoms with E-state index in [1.165, 1.54) is 12.1 Å². The van der Waals surface area contributed by atoms with E-state index in [4.69, 9.17) is 0 Å². The third kappa shape index (κ3) is 4.84. The molecule has 0 spiro atoms. The molecule has 2 aromatic heterocycles. The molecule has 0 bridgehead atoms. The lowest BCUT2D eigenvalue weighted by atomic mass is 10.1. The van der Waals surface area contributed by atoms with Gasteiger partial charge in [0.05, 0.1) is 22.7 Å². The number of hydrogen-bond acceptors (Lipinski definition) is 7. The second-order valence-electron chi connectivity index (χ2n) is 7.71. The molecule has 5 rings (SSSR count). The second-order valence-corrected chi connectivity index (χ2v) is 10.5. The molecule has 2 aromatic carbocycles. The van der Waals surface area contributed by atoms with Crippen LogP contribution in [0.2, 0.25) is 0 Å². The highest BCUT2D eigenvalue weighted by atomic mass is 32.2. The fourth-order valence-electron chi connectivity index (χ4n) is 3.69. The van der Waals surface area contributed by atoms with Crippen molar-refractivity contribution in [2.45, 2.75) is 17.7 Å². The number of anilines is 3. The quantitative estimate of drug-likeness (QED) is 0.361. The molecule has 1 aliphatic heterocycles.